The fraction of sp³-hybridized carbons (Fsp3) is 0.176. The van der Waals surface area contributed by atoms with Crippen molar-refractivity contribution in [3.8, 4) is 17.6 Å². The van der Waals surface area contributed by atoms with Gasteiger partial charge in [0.25, 0.3) is 5.91 Å². The van der Waals surface area contributed by atoms with Gasteiger partial charge in [-0.1, -0.05) is 18.2 Å². The van der Waals surface area contributed by atoms with Gasteiger partial charge >= 0.3 is 0 Å². The Hall–Kier alpha value is -3.14. The van der Waals surface area contributed by atoms with Crippen molar-refractivity contribution in [2.24, 2.45) is 0 Å². The molecule has 0 radical (unpaired) electrons. The molecular weight excluding hydrogens is 318 g/mol. The number of para-hydroxylation sites is 1. The van der Waals surface area contributed by atoms with Gasteiger partial charge in [-0.3, -0.25) is 4.79 Å². The standard InChI is InChI=1S/C17H14F2N2O3/c1-23-14-8-4-5-10(16(14)24-2)13(9-20)21-17(22)11-6-3-7-12(18)15(11)19/h3-8,13H,1-2H3,(H,21,22). The molecule has 124 valence electrons. The lowest BCUT2D eigenvalue weighted by Crippen LogP contribution is -2.29. The number of rotatable bonds is 5. The fourth-order valence-electron chi connectivity index (χ4n) is 2.21. The van der Waals surface area contributed by atoms with Crippen LogP contribution < -0.4 is 14.8 Å². The Kier molecular flexibility index (Phi) is 5.32. The third kappa shape index (κ3) is 3.27. The van der Waals surface area contributed by atoms with E-state index in [0.717, 1.165) is 12.1 Å². The smallest absolute Gasteiger partial charge is 0.255 e. The summed E-state index contributed by atoms with van der Waals surface area (Å²) in [4.78, 5) is 12.2. The van der Waals surface area contributed by atoms with Crippen LogP contribution in [-0.4, -0.2) is 20.1 Å². The Balaban J connectivity index is 2.36. The number of methoxy groups -OCH3 is 2. The third-order valence-corrected chi connectivity index (χ3v) is 3.35. The van der Waals surface area contributed by atoms with E-state index in [0.29, 0.717) is 11.3 Å². The third-order valence-electron chi connectivity index (χ3n) is 3.35. The maximum atomic E-state index is 13.7. The van der Waals surface area contributed by atoms with Gasteiger partial charge in [-0.05, 0) is 18.2 Å². The summed E-state index contributed by atoms with van der Waals surface area (Å²) in [6.45, 7) is 0. The molecular formula is C17H14F2N2O3. The molecule has 0 saturated heterocycles. The van der Waals surface area contributed by atoms with Crippen molar-refractivity contribution in [3.63, 3.8) is 0 Å². The number of nitrogens with one attached hydrogen (secondary N) is 1. The lowest BCUT2D eigenvalue weighted by molar-refractivity contribution is 0.0939. The van der Waals surface area contributed by atoms with Crippen molar-refractivity contribution >= 4 is 5.91 Å². The van der Waals surface area contributed by atoms with Crippen molar-refractivity contribution in [2.75, 3.05) is 14.2 Å². The summed E-state index contributed by atoms with van der Waals surface area (Å²) >= 11 is 0. The number of amides is 1. The van der Waals surface area contributed by atoms with Gasteiger partial charge in [0.2, 0.25) is 0 Å². The van der Waals surface area contributed by atoms with Crippen molar-refractivity contribution in [3.05, 3.63) is 59.2 Å². The van der Waals surface area contributed by atoms with Gasteiger partial charge in [0.15, 0.2) is 23.1 Å². The predicted octanol–water partition coefficient (Wildman–Crippen LogP) is 2.98. The second-order valence-electron chi connectivity index (χ2n) is 4.72. The number of hydrogen-bond acceptors (Lipinski definition) is 4. The number of carbonyl (C=O) groups is 1. The molecule has 0 saturated carbocycles. The van der Waals surface area contributed by atoms with Crippen LogP contribution in [0, 0.1) is 23.0 Å². The highest BCUT2D eigenvalue weighted by atomic mass is 19.2. The largest absolute Gasteiger partial charge is 0.493 e. The molecule has 1 unspecified atom stereocenters. The minimum Gasteiger partial charge on any atom is -0.493 e. The first-order valence-electron chi connectivity index (χ1n) is 6.88. The lowest BCUT2D eigenvalue weighted by Gasteiger charge is -2.17. The van der Waals surface area contributed by atoms with E-state index in [-0.39, 0.29) is 5.75 Å². The van der Waals surface area contributed by atoms with Crippen LogP contribution in [0.5, 0.6) is 11.5 Å². The molecule has 0 aliphatic heterocycles. The van der Waals surface area contributed by atoms with Gasteiger partial charge < -0.3 is 14.8 Å². The summed E-state index contributed by atoms with van der Waals surface area (Å²) in [6.07, 6.45) is 0. The molecule has 1 N–H and O–H groups in total. The van der Waals surface area contributed by atoms with Gasteiger partial charge in [0.1, 0.15) is 6.04 Å². The number of hydrogen-bond donors (Lipinski definition) is 1. The molecule has 0 aliphatic carbocycles. The number of nitrogens with zero attached hydrogens (tertiary/aromatic N) is 1. The number of nitriles is 1. The van der Waals surface area contributed by atoms with Crippen LogP contribution in [0.4, 0.5) is 8.78 Å². The summed E-state index contributed by atoms with van der Waals surface area (Å²) in [7, 11) is 2.83. The highest BCUT2D eigenvalue weighted by Crippen LogP contribution is 2.34. The molecule has 0 bridgehead atoms. The Bertz CT molecular complexity index is 803. The van der Waals surface area contributed by atoms with E-state index >= 15 is 0 Å². The monoisotopic (exact) mass is 332 g/mol. The Morgan fingerprint density at radius 1 is 1.17 bits per heavy atom. The number of ether oxygens (including phenoxy) is 2. The average Bonchev–Trinajstić information content (AvgIpc) is 2.60. The molecule has 2 aromatic carbocycles. The van der Waals surface area contributed by atoms with E-state index in [1.165, 1.54) is 20.3 Å². The van der Waals surface area contributed by atoms with Gasteiger partial charge in [-0.2, -0.15) is 5.26 Å². The quantitative estimate of drug-likeness (QED) is 0.914. The Morgan fingerprint density at radius 3 is 2.50 bits per heavy atom. The van der Waals surface area contributed by atoms with Gasteiger partial charge in [-0.15, -0.1) is 0 Å². The topological polar surface area (TPSA) is 71.3 Å². The molecule has 0 fully saturated rings. The van der Waals surface area contributed by atoms with Crippen LogP contribution in [0.2, 0.25) is 0 Å². The Labute approximate surface area is 137 Å². The molecule has 1 atom stereocenters. The summed E-state index contributed by atoms with van der Waals surface area (Å²) in [5.74, 6) is -2.68. The SMILES string of the molecule is COc1cccc(C(C#N)NC(=O)c2cccc(F)c2F)c1OC. The van der Waals surface area contributed by atoms with Crippen LogP contribution in [0.1, 0.15) is 22.0 Å². The molecule has 7 heteroatoms. The van der Waals surface area contributed by atoms with Crippen molar-refractivity contribution < 1.29 is 23.0 Å². The minimum absolute atomic E-state index is 0.270. The molecule has 0 spiro atoms. The molecule has 1 amide bonds. The van der Waals surface area contributed by atoms with Crippen LogP contribution in [0.15, 0.2) is 36.4 Å². The zero-order valence-electron chi connectivity index (χ0n) is 13.0. The molecule has 5 nitrogen and oxygen atoms in total. The van der Waals surface area contributed by atoms with Gasteiger partial charge in [-0.25, -0.2) is 8.78 Å². The molecule has 2 rings (SSSR count). The zero-order chi connectivity index (χ0) is 17.7. The van der Waals surface area contributed by atoms with Crippen LogP contribution >= 0.6 is 0 Å². The highest BCUT2D eigenvalue weighted by Gasteiger charge is 2.23. The van der Waals surface area contributed by atoms with Crippen LogP contribution in [0.25, 0.3) is 0 Å². The maximum Gasteiger partial charge on any atom is 0.255 e. The molecule has 24 heavy (non-hydrogen) atoms. The fourth-order valence-corrected chi connectivity index (χ4v) is 2.21. The van der Waals surface area contributed by atoms with Crippen LogP contribution in [-0.2, 0) is 0 Å². The average molecular weight is 332 g/mol. The summed E-state index contributed by atoms with van der Waals surface area (Å²) < 4.78 is 37.3. The van der Waals surface area contributed by atoms with Crippen molar-refractivity contribution in [1.82, 2.24) is 5.32 Å². The molecule has 0 aromatic heterocycles. The highest BCUT2D eigenvalue weighted by molar-refractivity contribution is 5.95. The second kappa shape index (κ2) is 7.42. The lowest BCUT2D eigenvalue weighted by atomic mass is 10.1. The van der Waals surface area contributed by atoms with Crippen molar-refractivity contribution in [1.29, 1.82) is 5.26 Å². The minimum atomic E-state index is -1.27. The number of halogens is 2. The first-order chi connectivity index (χ1) is 11.5. The number of carbonyl (C=O) groups excluding carboxylic acids is 1. The first-order valence-corrected chi connectivity index (χ1v) is 6.88. The molecule has 2 aromatic rings. The summed E-state index contributed by atoms with van der Waals surface area (Å²) in [6, 6.07) is 8.82. The van der Waals surface area contributed by atoms with Gasteiger partial charge in [0, 0.05) is 5.56 Å². The van der Waals surface area contributed by atoms with Crippen molar-refractivity contribution in [2.45, 2.75) is 6.04 Å². The van der Waals surface area contributed by atoms with E-state index in [9.17, 15) is 18.8 Å². The maximum absolute atomic E-state index is 13.7. The normalized spacial score (nSPS) is 11.3. The summed E-state index contributed by atoms with van der Waals surface area (Å²) in [5.41, 5.74) is -0.151. The second-order valence-corrected chi connectivity index (χ2v) is 4.72. The first kappa shape index (κ1) is 17.2. The van der Waals surface area contributed by atoms with E-state index in [1.807, 2.05) is 6.07 Å². The predicted molar refractivity (Wildman–Crippen MR) is 81.7 cm³/mol. The van der Waals surface area contributed by atoms with Crippen LogP contribution in [0.3, 0.4) is 0 Å². The van der Waals surface area contributed by atoms with E-state index in [2.05, 4.69) is 5.32 Å². The summed E-state index contributed by atoms with van der Waals surface area (Å²) in [5, 5.41) is 11.7. The van der Waals surface area contributed by atoms with Gasteiger partial charge in [0.05, 0.1) is 25.9 Å². The zero-order valence-corrected chi connectivity index (χ0v) is 13.0. The Morgan fingerprint density at radius 2 is 1.88 bits per heavy atom. The van der Waals surface area contributed by atoms with E-state index < -0.39 is 29.1 Å². The van der Waals surface area contributed by atoms with E-state index in [4.69, 9.17) is 9.47 Å². The van der Waals surface area contributed by atoms with E-state index in [1.54, 1.807) is 18.2 Å². The molecule has 0 heterocycles. The number of benzene rings is 2. The molecule has 0 aliphatic rings.